The Morgan fingerprint density at radius 2 is 1.83 bits per heavy atom. The lowest BCUT2D eigenvalue weighted by Crippen LogP contribution is -2.41. The molecule has 6 nitrogen and oxygen atoms in total. The van der Waals surface area contributed by atoms with Crippen LogP contribution in [0.5, 0.6) is 0 Å². The van der Waals surface area contributed by atoms with Crippen molar-refractivity contribution in [2.45, 2.75) is 66.2 Å². The zero-order valence-corrected chi connectivity index (χ0v) is 18.7. The number of imidazole rings is 1. The van der Waals surface area contributed by atoms with Crippen LogP contribution in [0.15, 0.2) is 47.7 Å². The van der Waals surface area contributed by atoms with Gasteiger partial charge in [-0.1, -0.05) is 30.3 Å². The smallest absolute Gasteiger partial charge is 0.191 e. The van der Waals surface area contributed by atoms with Gasteiger partial charge in [0.25, 0.3) is 0 Å². The lowest BCUT2D eigenvalue weighted by Gasteiger charge is -2.30. The lowest BCUT2D eigenvalue weighted by atomic mass is 10.2. The number of guanidine groups is 1. The predicted molar refractivity (Wildman–Crippen MR) is 122 cm³/mol. The number of hydrogen-bond acceptors (Lipinski definition) is 3. The van der Waals surface area contributed by atoms with E-state index >= 15 is 0 Å². The summed E-state index contributed by atoms with van der Waals surface area (Å²) in [7, 11) is 0. The van der Waals surface area contributed by atoms with E-state index in [1.807, 2.05) is 18.5 Å². The average molecular weight is 399 g/mol. The van der Waals surface area contributed by atoms with Gasteiger partial charge < -0.3 is 15.2 Å². The van der Waals surface area contributed by atoms with Gasteiger partial charge in [0.1, 0.15) is 12.4 Å². The van der Waals surface area contributed by atoms with Crippen LogP contribution >= 0.6 is 0 Å². The molecular formula is C23H38N6. The van der Waals surface area contributed by atoms with Crippen LogP contribution in [0.2, 0.25) is 0 Å². The van der Waals surface area contributed by atoms with E-state index in [4.69, 9.17) is 4.99 Å². The lowest BCUT2D eigenvalue weighted by molar-refractivity contribution is 0.173. The van der Waals surface area contributed by atoms with E-state index in [2.05, 4.69) is 84.0 Å². The number of nitrogens with zero attached hydrogens (tertiary/aromatic N) is 4. The summed E-state index contributed by atoms with van der Waals surface area (Å²) in [6, 6.07) is 11.6. The highest BCUT2D eigenvalue weighted by Gasteiger charge is 2.12. The summed E-state index contributed by atoms with van der Waals surface area (Å²) in [5.74, 6) is 1.82. The third kappa shape index (κ3) is 7.89. The molecule has 2 aromatic rings. The third-order valence-corrected chi connectivity index (χ3v) is 4.93. The van der Waals surface area contributed by atoms with E-state index in [-0.39, 0.29) is 0 Å². The molecule has 0 unspecified atom stereocenters. The molecule has 0 atom stereocenters. The molecule has 0 radical (unpaired) electrons. The molecule has 160 valence electrons. The summed E-state index contributed by atoms with van der Waals surface area (Å²) in [5.41, 5.74) is 1.26. The molecule has 1 aromatic heterocycles. The molecule has 2 N–H and O–H groups in total. The van der Waals surface area contributed by atoms with E-state index in [1.54, 1.807) is 0 Å². The van der Waals surface area contributed by atoms with Crippen LogP contribution in [0.1, 0.15) is 52.4 Å². The maximum Gasteiger partial charge on any atom is 0.191 e. The molecule has 0 saturated carbocycles. The summed E-state index contributed by atoms with van der Waals surface area (Å²) in [6.07, 6.45) is 4.95. The summed E-state index contributed by atoms with van der Waals surface area (Å²) >= 11 is 0. The van der Waals surface area contributed by atoms with Gasteiger partial charge in [-0.25, -0.2) is 9.98 Å². The van der Waals surface area contributed by atoms with Gasteiger partial charge in [-0.05, 0) is 46.6 Å². The van der Waals surface area contributed by atoms with E-state index in [1.165, 1.54) is 5.56 Å². The Bertz CT molecular complexity index is 712. The fourth-order valence-corrected chi connectivity index (χ4v) is 3.49. The van der Waals surface area contributed by atoms with Crippen LogP contribution in [-0.4, -0.2) is 52.1 Å². The van der Waals surface area contributed by atoms with Crippen molar-refractivity contribution in [3.05, 3.63) is 54.1 Å². The van der Waals surface area contributed by atoms with Crippen molar-refractivity contribution < 1.29 is 0 Å². The molecule has 0 aliphatic heterocycles. The van der Waals surface area contributed by atoms with Gasteiger partial charge in [0, 0.05) is 50.7 Å². The molecule has 0 bridgehead atoms. The molecule has 0 fully saturated rings. The van der Waals surface area contributed by atoms with Crippen molar-refractivity contribution in [3.8, 4) is 0 Å². The SMILES string of the molecule is CCNC(=NCc1nccn1Cc1ccccc1)NCCCN(C(C)C)C(C)C. The Morgan fingerprint density at radius 1 is 1.10 bits per heavy atom. The average Bonchev–Trinajstić information content (AvgIpc) is 3.13. The first-order valence-corrected chi connectivity index (χ1v) is 10.8. The number of aromatic nitrogens is 2. The Kier molecular flexibility index (Phi) is 9.71. The zero-order valence-electron chi connectivity index (χ0n) is 18.7. The van der Waals surface area contributed by atoms with Crippen molar-refractivity contribution in [2.75, 3.05) is 19.6 Å². The fraction of sp³-hybridized carbons (Fsp3) is 0.565. The van der Waals surface area contributed by atoms with Crippen LogP contribution < -0.4 is 10.6 Å². The first-order chi connectivity index (χ1) is 14.0. The highest BCUT2D eigenvalue weighted by Crippen LogP contribution is 2.07. The number of nitrogens with one attached hydrogen (secondary N) is 2. The van der Waals surface area contributed by atoms with Crippen molar-refractivity contribution in [2.24, 2.45) is 4.99 Å². The Hall–Kier alpha value is -2.34. The number of aliphatic imine (C=N–C) groups is 1. The van der Waals surface area contributed by atoms with Gasteiger partial charge in [-0.15, -0.1) is 0 Å². The monoisotopic (exact) mass is 398 g/mol. The second-order valence-corrected chi connectivity index (χ2v) is 7.86. The van der Waals surface area contributed by atoms with E-state index in [0.717, 1.165) is 44.4 Å². The van der Waals surface area contributed by atoms with E-state index < -0.39 is 0 Å². The number of hydrogen-bond donors (Lipinski definition) is 2. The number of rotatable bonds is 11. The Labute approximate surface area is 176 Å². The van der Waals surface area contributed by atoms with Gasteiger partial charge >= 0.3 is 0 Å². The molecule has 0 spiro atoms. The molecule has 2 rings (SSSR count). The topological polar surface area (TPSA) is 57.5 Å². The summed E-state index contributed by atoms with van der Waals surface area (Å²) in [5, 5.41) is 6.80. The molecule has 0 aliphatic carbocycles. The van der Waals surface area contributed by atoms with Crippen LogP contribution in [0.3, 0.4) is 0 Å². The summed E-state index contributed by atoms with van der Waals surface area (Å²) < 4.78 is 2.16. The molecule has 0 aliphatic rings. The Morgan fingerprint density at radius 3 is 2.48 bits per heavy atom. The van der Waals surface area contributed by atoms with Crippen LogP contribution in [-0.2, 0) is 13.1 Å². The first kappa shape index (κ1) is 22.9. The highest BCUT2D eigenvalue weighted by molar-refractivity contribution is 5.79. The standard InChI is InChI=1S/C23H38N6/c1-6-24-23(26-13-10-15-29(19(2)3)20(4)5)27-17-22-25-14-16-28(22)18-21-11-8-7-9-12-21/h7-9,11-12,14,16,19-20H,6,10,13,15,17-18H2,1-5H3,(H2,24,26,27). The molecule has 6 heteroatoms. The van der Waals surface area contributed by atoms with E-state index in [9.17, 15) is 0 Å². The van der Waals surface area contributed by atoms with Crippen molar-refractivity contribution in [1.82, 2.24) is 25.1 Å². The van der Waals surface area contributed by atoms with Gasteiger partial charge in [0.15, 0.2) is 5.96 Å². The van der Waals surface area contributed by atoms with Crippen molar-refractivity contribution in [3.63, 3.8) is 0 Å². The summed E-state index contributed by atoms with van der Waals surface area (Å²) in [6.45, 7) is 15.3. The van der Waals surface area contributed by atoms with E-state index in [0.29, 0.717) is 18.6 Å². The van der Waals surface area contributed by atoms with Gasteiger partial charge in [0.05, 0.1) is 0 Å². The molecule has 0 saturated heterocycles. The maximum absolute atomic E-state index is 4.74. The molecule has 0 amide bonds. The van der Waals surface area contributed by atoms with Crippen LogP contribution in [0.25, 0.3) is 0 Å². The minimum atomic E-state index is 0.555. The minimum absolute atomic E-state index is 0.555. The van der Waals surface area contributed by atoms with Crippen LogP contribution in [0.4, 0.5) is 0 Å². The Balaban J connectivity index is 1.88. The van der Waals surface area contributed by atoms with Crippen molar-refractivity contribution in [1.29, 1.82) is 0 Å². The molecule has 1 aromatic carbocycles. The highest BCUT2D eigenvalue weighted by atomic mass is 15.2. The van der Waals surface area contributed by atoms with Crippen LogP contribution in [0, 0.1) is 0 Å². The normalized spacial score (nSPS) is 12.2. The van der Waals surface area contributed by atoms with Crippen molar-refractivity contribution >= 4 is 5.96 Å². The van der Waals surface area contributed by atoms with Gasteiger partial charge in [0.2, 0.25) is 0 Å². The van der Waals surface area contributed by atoms with Gasteiger partial charge in [-0.3, -0.25) is 4.90 Å². The molecular weight excluding hydrogens is 360 g/mol. The number of benzene rings is 1. The largest absolute Gasteiger partial charge is 0.357 e. The molecule has 29 heavy (non-hydrogen) atoms. The van der Waals surface area contributed by atoms with Gasteiger partial charge in [-0.2, -0.15) is 0 Å². The first-order valence-electron chi connectivity index (χ1n) is 10.8. The predicted octanol–water partition coefficient (Wildman–Crippen LogP) is 3.50. The molecule has 1 heterocycles. The second-order valence-electron chi connectivity index (χ2n) is 7.86. The summed E-state index contributed by atoms with van der Waals surface area (Å²) in [4.78, 5) is 11.8. The zero-order chi connectivity index (χ0) is 21.1. The second kappa shape index (κ2) is 12.3. The third-order valence-electron chi connectivity index (χ3n) is 4.93. The fourth-order valence-electron chi connectivity index (χ4n) is 3.49. The maximum atomic E-state index is 4.74. The quantitative estimate of drug-likeness (QED) is 0.346. The minimum Gasteiger partial charge on any atom is -0.357 e.